The van der Waals surface area contributed by atoms with Crippen molar-refractivity contribution >= 4 is 33.2 Å². The van der Waals surface area contributed by atoms with Crippen molar-refractivity contribution in [2.75, 3.05) is 31.6 Å². The van der Waals surface area contributed by atoms with Crippen molar-refractivity contribution in [3.05, 3.63) is 82.9 Å². The van der Waals surface area contributed by atoms with Crippen LogP contribution in [-0.2, 0) is 21.2 Å². The van der Waals surface area contributed by atoms with Crippen LogP contribution in [-0.4, -0.2) is 41.6 Å². The summed E-state index contributed by atoms with van der Waals surface area (Å²) in [7, 11) is -0.852. The number of halogens is 1. The molecule has 0 aliphatic carbocycles. The number of benzene rings is 3. The highest BCUT2D eigenvalue weighted by Crippen LogP contribution is 2.30. The molecular formula is C26H29ClN2O5S. The number of hydrogen-bond acceptors (Lipinski definition) is 5. The minimum atomic E-state index is -4.01. The zero-order valence-electron chi connectivity index (χ0n) is 20.0. The van der Waals surface area contributed by atoms with Crippen LogP contribution in [0.1, 0.15) is 17.5 Å². The average molecular weight is 517 g/mol. The fraction of sp³-hybridized carbons (Fsp3) is 0.269. The molecule has 0 heterocycles. The molecule has 3 rings (SSSR count). The number of hydrogen-bond donors (Lipinski definition) is 1. The number of amides is 1. The summed E-state index contributed by atoms with van der Waals surface area (Å²) in [4.78, 5) is 12.9. The largest absolute Gasteiger partial charge is 0.493 e. The fourth-order valence-electron chi connectivity index (χ4n) is 3.53. The number of carbonyl (C=O) groups excluding carboxylic acids is 1. The maximum Gasteiger partial charge on any atom is 0.264 e. The van der Waals surface area contributed by atoms with E-state index >= 15 is 0 Å². The standard InChI is InChI=1S/C26H29ClN2O5S/c1-19-10-13-21(14-11-19)35(31,32)29(23-9-5-4-8-22(23)27)18-26(30)28-16-6-7-20-12-15-24(33-2)25(17-20)34-3/h4-5,8-15,17H,6-7,16,18H2,1-3H3,(H,28,30). The molecule has 186 valence electrons. The van der Waals surface area contributed by atoms with Crippen molar-refractivity contribution in [1.82, 2.24) is 5.32 Å². The highest BCUT2D eigenvalue weighted by Gasteiger charge is 2.28. The monoisotopic (exact) mass is 516 g/mol. The average Bonchev–Trinajstić information content (AvgIpc) is 2.85. The number of aryl methyl sites for hydroxylation is 2. The van der Waals surface area contributed by atoms with Crippen LogP contribution in [0.4, 0.5) is 5.69 Å². The SMILES string of the molecule is COc1ccc(CCCNC(=O)CN(c2ccccc2Cl)S(=O)(=O)c2ccc(C)cc2)cc1OC. The third-order valence-electron chi connectivity index (χ3n) is 5.43. The van der Waals surface area contributed by atoms with Crippen LogP contribution in [0.15, 0.2) is 71.6 Å². The first kappa shape index (κ1) is 26.4. The van der Waals surface area contributed by atoms with Gasteiger partial charge in [-0.1, -0.05) is 47.5 Å². The van der Waals surface area contributed by atoms with Gasteiger partial charge in [0.2, 0.25) is 5.91 Å². The summed E-state index contributed by atoms with van der Waals surface area (Å²) in [5.74, 6) is 0.873. The Morgan fingerprint density at radius 2 is 1.66 bits per heavy atom. The van der Waals surface area contributed by atoms with Gasteiger partial charge < -0.3 is 14.8 Å². The number of nitrogens with zero attached hydrogens (tertiary/aromatic N) is 1. The summed E-state index contributed by atoms with van der Waals surface area (Å²) in [6, 6.07) is 18.7. The predicted molar refractivity (Wildman–Crippen MR) is 138 cm³/mol. The highest BCUT2D eigenvalue weighted by molar-refractivity contribution is 7.92. The minimum absolute atomic E-state index is 0.0873. The summed E-state index contributed by atoms with van der Waals surface area (Å²) >= 11 is 6.31. The number of carbonyl (C=O) groups is 1. The van der Waals surface area contributed by atoms with Gasteiger partial charge in [-0.25, -0.2) is 8.42 Å². The molecule has 0 bridgehead atoms. The molecule has 1 amide bonds. The molecule has 0 radical (unpaired) electrons. The van der Waals surface area contributed by atoms with Crippen molar-refractivity contribution in [2.24, 2.45) is 0 Å². The van der Waals surface area contributed by atoms with Crippen molar-refractivity contribution in [2.45, 2.75) is 24.7 Å². The number of para-hydroxylation sites is 1. The molecule has 35 heavy (non-hydrogen) atoms. The Balaban J connectivity index is 1.68. The first-order valence-electron chi connectivity index (χ1n) is 11.1. The molecule has 0 aliphatic heterocycles. The van der Waals surface area contributed by atoms with E-state index in [0.29, 0.717) is 30.9 Å². The van der Waals surface area contributed by atoms with Crippen LogP contribution in [0.25, 0.3) is 0 Å². The topological polar surface area (TPSA) is 84.9 Å². The number of sulfonamides is 1. The molecule has 3 aromatic carbocycles. The number of rotatable bonds is 11. The lowest BCUT2D eigenvalue weighted by atomic mass is 10.1. The van der Waals surface area contributed by atoms with Gasteiger partial charge in [-0.05, 0) is 61.7 Å². The molecule has 0 saturated carbocycles. The number of anilines is 1. The molecule has 1 N–H and O–H groups in total. The second kappa shape index (κ2) is 12.0. The second-order valence-electron chi connectivity index (χ2n) is 7.92. The molecule has 0 spiro atoms. The van der Waals surface area contributed by atoms with E-state index in [-0.39, 0.29) is 15.6 Å². The van der Waals surface area contributed by atoms with E-state index in [1.54, 1.807) is 50.6 Å². The molecule has 7 nitrogen and oxygen atoms in total. The van der Waals surface area contributed by atoms with Crippen molar-refractivity contribution in [3.63, 3.8) is 0 Å². The molecular weight excluding hydrogens is 488 g/mol. The predicted octanol–water partition coefficient (Wildman–Crippen LogP) is 4.61. The quantitative estimate of drug-likeness (QED) is 0.376. The van der Waals surface area contributed by atoms with Crippen molar-refractivity contribution in [3.8, 4) is 11.5 Å². The van der Waals surface area contributed by atoms with Crippen molar-refractivity contribution < 1.29 is 22.7 Å². The Kier molecular flexibility index (Phi) is 9.01. The third kappa shape index (κ3) is 6.68. The number of ether oxygens (including phenoxy) is 2. The summed E-state index contributed by atoms with van der Waals surface area (Å²) in [5.41, 5.74) is 2.22. The van der Waals surface area contributed by atoms with E-state index in [4.69, 9.17) is 21.1 Å². The van der Waals surface area contributed by atoms with Gasteiger partial charge in [0.1, 0.15) is 6.54 Å². The molecule has 3 aromatic rings. The van der Waals surface area contributed by atoms with Gasteiger partial charge in [-0.3, -0.25) is 9.10 Å². The van der Waals surface area contributed by atoms with Gasteiger partial charge in [-0.2, -0.15) is 0 Å². The van der Waals surface area contributed by atoms with E-state index in [1.165, 1.54) is 12.1 Å². The number of nitrogens with one attached hydrogen (secondary N) is 1. The molecule has 0 unspecified atom stereocenters. The Hall–Kier alpha value is -3.23. The van der Waals surface area contributed by atoms with Gasteiger partial charge in [0.15, 0.2) is 11.5 Å². The minimum Gasteiger partial charge on any atom is -0.493 e. The van der Waals surface area contributed by atoms with E-state index in [2.05, 4.69) is 5.32 Å². The first-order valence-corrected chi connectivity index (χ1v) is 12.9. The molecule has 9 heteroatoms. The van der Waals surface area contributed by atoms with E-state index in [9.17, 15) is 13.2 Å². The molecule has 0 aliphatic rings. The van der Waals surface area contributed by atoms with E-state index in [1.807, 2.05) is 25.1 Å². The van der Waals surface area contributed by atoms with Crippen molar-refractivity contribution in [1.29, 1.82) is 0 Å². The second-order valence-corrected chi connectivity index (χ2v) is 10.2. The summed E-state index contributed by atoms with van der Waals surface area (Å²) in [5, 5.41) is 3.05. The zero-order chi connectivity index (χ0) is 25.4. The Bertz CT molecular complexity index is 1260. The Labute approximate surface area is 211 Å². The number of methoxy groups -OCH3 is 2. The Morgan fingerprint density at radius 3 is 2.31 bits per heavy atom. The summed E-state index contributed by atoms with van der Waals surface area (Å²) < 4.78 is 38.5. The lowest BCUT2D eigenvalue weighted by Gasteiger charge is -2.25. The molecule has 0 aromatic heterocycles. The normalized spacial score (nSPS) is 11.1. The lowest BCUT2D eigenvalue weighted by molar-refractivity contribution is -0.119. The highest BCUT2D eigenvalue weighted by atomic mass is 35.5. The maximum atomic E-state index is 13.4. The maximum absolute atomic E-state index is 13.4. The van der Waals surface area contributed by atoms with Gasteiger partial charge >= 0.3 is 0 Å². The van der Waals surface area contributed by atoms with E-state index < -0.39 is 22.5 Å². The zero-order valence-corrected chi connectivity index (χ0v) is 21.5. The summed E-state index contributed by atoms with van der Waals surface area (Å²) in [6.45, 7) is 1.86. The van der Waals surface area contributed by atoms with E-state index in [0.717, 1.165) is 15.4 Å². The van der Waals surface area contributed by atoms with Crippen LogP contribution in [0.2, 0.25) is 5.02 Å². The van der Waals surface area contributed by atoms with Gasteiger partial charge in [-0.15, -0.1) is 0 Å². The lowest BCUT2D eigenvalue weighted by Crippen LogP contribution is -2.41. The fourth-order valence-corrected chi connectivity index (χ4v) is 5.26. The Morgan fingerprint density at radius 1 is 0.971 bits per heavy atom. The van der Waals surface area contributed by atoms with Gasteiger partial charge in [0.05, 0.1) is 29.8 Å². The smallest absolute Gasteiger partial charge is 0.264 e. The van der Waals surface area contributed by atoms with Crippen LogP contribution in [0.3, 0.4) is 0 Å². The van der Waals surface area contributed by atoms with Crippen LogP contribution in [0, 0.1) is 6.92 Å². The molecule has 0 saturated heterocycles. The van der Waals surface area contributed by atoms with Gasteiger partial charge in [0.25, 0.3) is 10.0 Å². The molecule has 0 fully saturated rings. The van der Waals surface area contributed by atoms with Crippen LogP contribution in [0.5, 0.6) is 11.5 Å². The first-order chi connectivity index (χ1) is 16.8. The molecule has 0 atom stereocenters. The van der Waals surface area contributed by atoms with Gasteiger partial charge in [0, 0.05) is 6.54 Å². The van der Waals surface area contributed by atoms with Crippen LogP contribution >= 0.6 is 11.6 Å². The summed E-state index contributed by atoms with van der Waals surface area (Å²) in [6.07, 6.45) is 1.37. The van der Waals surface area contributed by atoms with Crippen LogP contribution < -0.4 is 19.1 Å². The third-order valence-corrected chi connectivity index (χ3v) is 7.52.